The third kappa shape index (κ3) is 3.10. The molecule has 0 atom stereocenters. The number of para-hydroxylation sites is 1. The first kappa shape index (κ1) is 12.2. The number of hydrogen-bond donors (Lipinski definition) is 2. The summed E-state index contributed by atoms with van der Waals surface area (Å²) in [4.78, 5) is 0. The minimum atomic E-state index is -0.489. The van der Waals surface area contributed by atoms with E-state index in [2.05, 4.69) is 40.0 Å². The summed E-state index contributed by atoms with van der Waals surface area (Å²) in [6.07, 6.45) is 5.45. The number of anilines is 1. The maximum absolute atomic E-state index is 10.4. The molecule has 1 aliphatic rings. The number of benzene rings is 1. The van der Waals surface area contributed by atoms with E-state index in [1.54, 1.807) is 0 Å². The largest absolute Gasteiger partial charge is 0.388 e. The van der Waals surface area contributed by atoms with Crippen LogP contribution < -0.4 is 5.32 Å². The molecular formula is C13H18INO. The summed E-state index contributed by atoms with van der Waals surface area (Å²) in [5.74, 6) is 0. The standard InChI is InChI=1S/C13H18INO/c14-11-6-2-3-7-12(11)15-10-13(16)8-4-1-5-9-13/h2-3,6-7,15-16H,1,4-5,8-10H2. The molecule has 16 heavy (non-hydrogen) atoms. The number of nitrogens with one attached hydrogen (secondary N) is 1. The second kappa shape index (κ2) is 5.36. The van der Waals surface area contributed by atoms with Gasteiger partial charge in [-0.25, -0.2) is 0 Å². The van der Waals surface area contributed by atoms with Crippen LogP contribution in [0.1, 0.15) is 32.1 Å². The second-order valence-corrected chi connectivity index (χ2v) is 5.78. The average Bonchev–Trinajstić information content (AvgIpc) is 2.29. The number of aliphatic hydroxyl groups is 1. The summed E-state index contributed by atoms with van der Waals surface area (Å²) in [5.41, 5.74) is 0.638. The SMILES string of the molecule is OC1(CNc2ccccc2I)CCCCC1. The number of halogens is 1. The Balaban J connectivity index is 1.94. The Bertz CT molecular complexity index is 348. The third-order valence-electron chi connectivity index (χ3n) is 3.27. The van der Waals surface area contributed by atoms with Crippen molar-refractivity contribution in [2.24, 2.45) is 0 Å². The van der Waals surface area contributed by atoms with Crippen molar-refractivity contribution in [3.05, 3.63) is 27.8 Å². The third-order valence-corrected chi connectivity index (χ3v) is 4.21. The Morgan fingerprint density at radius 1 is 1.19 bits per heavy atom. The van der Waals surface area contributed by atoms with Gasteiger partial charge in [0.05, 0.1) is 5.60 Å². The molecule has 0 saturated heterocycles. The van der Waals surface area contributed by atoms with E-state index in [1.807, 2.05) is 12.1 Å². The Morgan fingerprint density at radius 3 is 2.56 bits per heavy atom. The minimum Gasteiger partial charge on any atom is -0.388 e. The molecule has 0 heterocycles. The fourth-order valence-corrected chi connectivity index (χ4v) is 2.83. The maximum atomic E-state index is 10.4. The highest BCUT2D eigenvalue weighted by molar-refractivity contribution is 14.1. The quantitative estimate of drug-likeness (QED) is 0.832. The molecule has 0 bridgehead atoms. The van der Waals surface area contributed by atoms with Gasteiger partial charge < -0.3 is 10.4 Å². The van der Waals surface area contributed by atoms with Gasteiger partial charge in [-0.2, -0.15) is 0 Å². The van der Waals surface area contributed by atoms with Gasteiger partial charge in [0.15, 0.2) is 0 Å². The number of hydrogen-bond acceptors (Lipinski definition) is 2. The van der Waals surface area contributed by atoms with Crippen LogP contribution in [0.15, 0.2) is 24.3 Å². The highest BCUT2D eigenvalue weighted by Crippen LogP contribution is 2.28. The fraction of sp³-hybridized carbons (Fsp3) is 0.538. The normalized spacial score (nSPS) is 19.4. The van der Waals surface area contributed by atoms with E-state index in [0.29, 0.717) is 6.54 Å². The van der Waals surface area contributed by atoms with Crippen molar-refractivity contribution in [2.45, 2.75) is 37.7 Å². The molecule has 0 spiro atoms. The lowest BCUT2D eigenvalue weighted by Gasteiger charge is -2.32. The highest BCUT2D eigenvalue weighted by atomic mass is 127. The molecule has 2 rings (SSSR count). The van der Waals surface area contributed by atoms with Crippen molar-refractivity contribution in [3.63, 3.8) is 0 Å². The monoisotopic (exact) mass is 331 g/mol. The van der Waals surface area contributed by atoms with Gasteiger partial charge in [-0.3, -0.25) is 0 Å². The van der Waals surface area contributed by atoms with Gasteiger partial charge in [0.25, 0.3) is 0 Å². The lowest BCUT2D eigenvalue weighted by molar-refractivity contribution is 0.0167. The average molecular weight is 331 g/mol. The number of rotatable bonds is 3. The van der Waals surface area contributed by atoms with Crippen LogP contribution in [0.3, 0.4) is 0 Å². The molecular weight excluding hydrogens is 313 g/mol. The lowest BCUT2D eigenvalue weighted by Crippen LogP contribution is -2.38. The molecule has 1 fully saturated rings. The Labute approximate surface area is 111 Å². The molecule has 0 aliphatic heterocycles. The van der Waals surface area contributed by atoms with E-state index in [-0.39, 0.29) is 0 Å². The molecule has 2 nitrogen and oxygen atoms in total. The lowest BCUT2D eigenvalue weighted by atomic mass is 9.85. The molecule has 88 valence electrons. The van der Waals surface area contributed by atoms with Crippen LogP contribution in [0.5, 0.6) is 0 Å². The van der Waals surface area contributed by atoms with Crippen molar-refractivity contribution in [3.8, 4) is 0 Å². The highest BCUT2D eigenvalue weighted by Gasteiger charge is 2.28. The van der Waals surface area contributed by atoms with E-state index < -0.39 is 5.60 Å². The Hall–Kier alpha value is -0.290. The topological polar surface area (TPSA) is 32.3 Å². The zero-order valence-electron chi connectivity index (χ0n) is 9.38. The van der Waals surface area contributed by atoms with E-state index in [0.717, 1.165) is 31.4 Å². The first-order valence-corrected chi connectivity index (χ1v) is 6.98. The van der Waals surface area contributed by atoms with Crippen LogP contribution in [0.4, 0.5) is 5.69 Å². The molecule has 1 aliphatic carbocycles. The van der Waals surface area contributed by atoms with Gasteiger partial charge in [0.1, 0.15) is 0 Å². The molecule has 0 aromatic heterocycles. The fourth-order valence-electron chi connectivity index (χ4n) is 2.25. The predicted octanol–water partition coefficient (Wildman–Crippen LogP) is 3.40. The van der Waals surface area contributed by atoms with Gasteiger partial charge in [0.2, 0.25) is 0 Å². The molecule has 3 heteroatoms. The molecule has 0 radical (unpaired) electrons. The Morgan fingerprint density at radius 2 is 1.88 bits per heavy atom. The maximum Gasteiger partial charge on any atom is 0.0819 e. The molecule has 1 saturated carbocycles. The van der Waals surface area contributed by atoms with Gasteiger partial charge >= 0.3 is 0 Å². The van der Waals surface area contributed by atoms with E-state index in [4.69, 9.17) is 0 Å². The van der Waals surface area contributed by atoms with Crippen LogP contribution in [0, 0.1) is 3.57 Å². The smallest absolute Gasteiger partial charge is 0.0819 e. The van der Waals surface area contributed by atoms with Crippen LogP contribution >= 0.6 is 22.6 Å². The van der Waals surface area contributed by atoms with Crippen molar-refractivity contribution >= 4 is 28.3 Å². The molecule has 0 unspecified atom stereocenters. The van der Waals surface area contributed by atoms with E-state index in [1.165, 1.54) is 9.99 Å². The van der Waals surface area contributed by atoms with Crippen LogP contribution in [0.25, 0.3) is 0 Å². The van der Waals surface area contributed by atoms with E-state index in [9.17, 15) is 5.11 Å². The second-order valence-electron chi connectivity index (χ2n) is 4.62. The van der Waals surface area contributed by atoms with Crippen molar-refractivity contribution in [2.75, 3.05) is 11.9 Å². The first-order chi connectivity index (χ1) is 7.70. The van der Waals surface area contributed by atoms with Crippen molar-refractivity contribution in [1.29, 1.82) is 0 Å². The summed E-state index contributed by atoms with van der Waals surface area (Å²) >= 11 is 2.32. The van der Waals surface area contributed by atoms with Crippen LogP contribution in [-0.4, -0.2) is 17.3 Å². The molecule has 1 aromatic rings. The molecule has 2 N–H and O–H groups in total. The van der Waals surface area contributed by atoms with Gasteiger partial charge in [0, 0.05) is 15.8 Å². The van der Waals surface area contributed by atoms with Gasteiger partial charge in [-0.1, -0.05) is 31.4 Å². The summed E-state index contributed by atoms with van der Waals surface area (Å²) in [7, 11) is 0. The first-order valence-electron chi connectivity index (χ1n) is 5.90. The van der Waals surface area contributed by atoms with Crippen LogP contribution in [0.2, 0.25) is 0 Å². The summed E-state index contributed by atoms with van der Waals surface area (Å²) in [6.45, 7) is 0.674. The van der Waals surface area contributed by atoms with Crippen molar-refractivity contribution < 1.29 is 5.11 Å². The summed E-state index contributed by atoms with van der Waals surface area (Å²) in [6, 6.07) is 8.19. The minimum absolute atomic E-state index is 0.489. The van der Waals surface area contributed by atoms with E-state index >= 15 is 0 Å². The zero-order valence-corrected chi connectivity index (χ0v) is 11.5. The van der Waals surface area contributed by atoms with Gasteiger partial charge in [-0.15, -0.1) is 0 Å². The Kier molecular flexibility index (Phi) is 4.08. The summed E-state index contributed by atoms with van der Waals surface area (Å²) < 4.78 is 1.21. The molecule has 0 amide bonds. The zero-order chi connectivity index (χ0) is 11.4. The van der Waals surface area contributed by atoms with Gasteiger partial charge in [-0.05, 0) is 47.6 Å². The molecule has 1 aromatic carbocycles. The van der Waals surface area contributed by atoms with Crippen molar-refractivity contribution in [1.82, 2.24) is 0 Å². The van der Waals surface area contributed by atoms with Crippen LogP contribution in [-0.2, 0) is 0 Å². The predicted molar refractivity (Wildman–Crippen MR) is 75.7 cm³/mol. The summed E-state index contributed by atoms with van der Waals surface area (Å²) in [5, 5.41) is 13.7.